The number of carbonyl (C=O) groups excluding carboxylic acids is 2. The standard InChI is InChI=1S/C17H20F2N2O3/c18-13-6-12(7-14(19)8-13)17(23)20-9-16(22)21-4-1-2-11-10-24-5-3-15(11)21/h6-8,11,15H,1-5,9-10H2,(H,20,23)/t11-,15+/m1/s1. The number of ether oxygens (including phenoxy) is 1. The van der Waals surface area contributed by atoms with Crippen LogP contribution in [-0.4, -0.2) is 49.1 Å². The molecule has 5 nitrogen and oxygen atoms in total. The van der Waals surface area contributed by atoms with Gasteiger partial charge in [0.15, 0.2) is 0 Å². The average molecular weight is 338 g/mol. The molecule has 0 saturated carbocycles. The summed E-state index contributed by atoms with van der Waals surface area (Å²) in [7, 11) is 0. The first-order valence-electron chi connectivity index (χ1n) is 8.16. The van der Waals surface area contributed by atoms with Gasteiger partial charge in [-0.25, -0.2) is 8.78 Å². The van der Waals surface area contributed by atoms with Crippen LogP contribution in [0.5, 0.6) is 0 Å². The molecule has 0 bridgehead atoms. The molecular formula is C17H20F2N2O3. The summed E-state index contributed by atoms with van der Waals surface area (Å²) in [6.45, 7) is 1.80. The first-order chi connectivity index (χ1) is 11.5. The Morgan fingerprint density at radius 3 is 2.71 bits per heavy atom. The van der Waals surface area contributed by atoms with Gasteiger partial charge < -0.3 is 15.0 Å². The highest BCUT2D eigenvalue weighted by Gasteiger charge is 2.36. The zero-order chi connectivity index (χ0) is 17.1. The van der Waals surface area contributed by atoms with Crippen LogP contribution in [0.25, 0.3) is 0 Å². The van der Waals surface area contributed by atoms with Crippen LogP contribution >= 0.6 is 0 Å². The highest BCUT2D eigenvalue weighted by atomic mass is 19.1. The third-order valence-electron chi connectivity index (χ3n) is 4.65. The van der Waals surface area contributed by atoms with Crippen LogP contribution in [0.4, 0.5) is 8.78 Å². The van der Waals surface area contributed by atoms with Crippen molar-refractivity contribution in [1.29, 1.82) is 0 Å². The Morgan fingerprint density at radius 1 is 1.21 bits per heavy atom. The highest BCUT2D eigenvalue weighted by Crippen LogP contribution is 2.29. The fourth-order valence-electron chi connectivity index (χ4n) is 3.52. The van der Waals surface area contributed by atoms with Crippen molar-refractivity contribution in [2.24, 2.45) is 5.92 Å². The van der Waals surface area contributed by atoms with E-state index in [0.717, 1.165) is 31.4 Å². The van der Waals surface area contributed by atoms with Gasteiger partial charge in [-0.3, -0.25) is 9.59 Å². The molecule has 2 saturated heterocycles. The van der Waals surface area contributed by atoms with Gasteiger partial charge >= 0.3 is 0 Å². The summed E-state index contributed by atoms with van der Waals surface area (Å²) < 4.78 is 31.8. The van der Waals surface area contributed by atoms with Crippen molar-refractivity contribution in [2.75, 3.05) is 26.3 Å². The fourth-order valence-corrected chi connectivity index (χ4v) is 3.52. The summed E-state index contributed by atoms with van der Waals surface area (Å²) >= 11 is 0. The molecule has 0 spiro atoms. The Hall–Kier alpha value is -2.02. The number of nitrogens with zero attached hydrogens (tertiary/aromatic N) is 1. The van der Waals surface area contributed by atoms with E-state index in [9.17, 15) is 18.4 Å². The lowest BCUT2D eigenvalue weighted by Gasteiger charge is -2.43. The van der Waals surface area contributed by atoms with Crippen LogP contribution in [0.1, 0.15) is 29.6 Å². The van der Waals surface area contributed by atoms with Crippen LogP contribution in [0, 0.1) is 17.6 Å². The van der Waals surface area contributed by atoms with Gasteiger partial charge in [0.2, 0.25) is 5.91 Å². The predicted octanol–water partition coefficient (Wildman–Crippen LogP) is 1.72. The molecule has 7 heteroatoms. The number of hydrogen-bond donors (Lipinski definition) is 1. The fraction of sp³-hybridized carbons (Fsp3) is 0.529. The Labute approximate surface area is 139 Å². The van der Waals surface area contributed by atoms with E-state index in [1.54, 1.807) is 0 Å². The maximum Gasteiger partial charge on any atom is 0.251 e. The average Bonchev–Trinajstić information content (AvgIpc) is 2.58. The van der Waals surface area contributed by atoms with E-state index < -0.39 is 17.5 Å². The topological polar surface area (TPSA) is 58.6 Å². The molecule has 2 fully saturated rings. The Morgan fingerprint density at radius 2 is 1.96 bits per heavy atom. The van der Waals surface area contributed by atoms with Gasteiger partial charge in [0.25, 0.3) is 5.91 Å². The molecule has 24 heavy (non-hydrogen) atoms. The van der Waals surface area contributed by atoms with E-state index in [-0.39, 0.29) is 24.1 Å². The number of hydrogen-bond acceptors (Lipinski definition) is 3. The number of carbonyl (C=O) groups is 2. The van der Waals surface area contributed by atoms with Crippen LogP contribution in [0.15, 0.2) is 18.2 Å². The molecule has 1 N–H and O–H groups in total. The minimum atomic E-state index is -0.826. The quantitative estimate of drug-likeness (QED) is 0.913. The molecule has 0 aromatic heterocycles. The van der Waals surface area contributed by atoms with Crippen molar-refractivity contribution in [1.82, 2.24) is 10.2 Å². The van der Waals surface area contributed by atoms with Gasteiger partial charge in [-0.2, -0.15) is 0 Å². The number of rotatable bonds is 3. The maximum atomic E-state index is 13.2. The van der Waals surface area contributed by atoms with E-state index in [0.29, 0.717) is 31.7 Å². The molecule has 130 valence electrons. The van der Waals surface area contributed by atoms with Crippen molar-refractivity contribution in [3.05, 3.63) is 35.4 Å². The van der Waals surface area contributed by atoms with Crippen molar-refractivity contribution in [3.63, 3.8) is 0 Å². The summed E-state index contributed by atoms with van der Waals surface area (Å²) in [6.07, 6.45) is 2.77. The Bertz CT molecular complexity index is 616. The monoisotopic (exact) mass is 338 g/mol. The molecular weight excluding hydrogens is 318 g/mol. The van der Waals surface area contributed by atoms with E-state index >= 15 is 0 Å². The third kappa shape index (κ3) is 3.72. The van der Waals surface area contributed by atoms with Gasteiger partial charge in [0.05, 0.1) is 13.2 Å². The van der Waals surface area contributed by atoms with Gasteiger partial charge in [0, 0.05) is 36.7 Å². The van der Waals surface area contributed by atoms with Crippen molar-refractivity contribution in [2.45, 2.75) is 25.3 Å². The summed E-state index contributed by atoms with van der Waals surface area (Å²) in [5.41, 5.74) is -0.136. The molecule has 2 aliphatic rings. The van der Waals surface area contributed by atoms with Gasteiger partial charge in [-0.1, -0.05) is 0 Å². The second-order valence-corrected chi connectivity index (χ2v) is 6.26. The summed E-state index contributed by atoms with van der Waals surface area (Å²) in [6, 6.07) is 2.74. The molecule has 1 aromatic rings. The molecule has 2 amide bonds. The number of fused-ring (bicyclic) bond motifs is 1. The van der Waals surface area contributed by atoms with Crippen molar-refractivity contribution in [3.8, 4) is 0 Å². The van der Waals surface area contributed by atoms with E-state index in [1.807, 2.05) is 4.90 Å². The third-order valence-corrected chi connectivity index (χ3v) is 4.65. The first-order valence-corrected chi connectivity index (χ1v) is 8.16. The molecule has 1 aromatic carbocycles. The van der Waals surface area contributed by atoms with Crippen molar-refractivity contribution >= 4 is 11.8 Å². The second-order valence-electron chi connectivity index (χ2n) is 6.26. The summed E-state index contributed by atoms with van der Waals surface area (Å²) in [4.78, 5) is 26.2. The zero-order valence-corrected chi connectivity index (χ0v) is 13.3. The lowest BCUT2D eigenvalue weighted by atomic mass is 9.86. The number of benzene rings is 1. The normalized spacial score (nSPS) is 23.5. The minimum absolute atomic E-state index is 0.136. The molecule has 3 rings (SSSR count). The highest BCUT2D eigenvalue weighted by molar-refractivity contribution is 5.96. The smallest absolute Gasteiger partial charge is 0.251 e. The maximum absolute atomic E-state index is 13.2. The first kappa shape index (κ1) is 16.8. The number of amides is 2. The van der Waals surface area contributed by atoms with Gasteiger partial charge in [0.1, 0.15) is 11.6 Å². The Balaban J connectivity index is 1.59. The number of nitrogens with one attached hydrogen (secondary N) is 1. The number of halogens is 2. The molecule has 0 aliphatic carbocycles. The number of piperidine rings is 1. The van der Waals surface area contributed by atoms with Crippen LogP contribution in [0.3, 0.4) is 0 Å². The minimum Gasteiger partial charge on any atom is -0.381 e. The van der Waals surface area contributed by atoms with E-state index in [2.05, 4.69) is 5.32 Å². The second kappa shape index (κ2) is 7.25. The Kier molecular flexibility index (Phi) is 5.08. The van der Waals surface area contributed by atoms with Gasteiger partial charge in [-0.15, -0.1) is 0 Å². The molecule has 2 atom stereocenters. The van der Waals surface area contributed by atoms with E-state index in [1.165, 1.54) is 0 Å². The summed E-state index contributed by atoms with van der Waals surface area (Å²) in [5.74, 6) is -2.14. The van der Waals surface area contributed by atoms with Crippen LogP contribution in [0.2, 0.25) is 0 Å². The lowest BCUT2D eigenvalue weighted by Crippen LogP contribution is -2.54. The zero-order valence-electron chi connectivity index (χ0n) is 13.3. The largest absolute Gasteiger partial charge is 0.381 e. The molecule has 0 unspecified atom stereocenters. The van der Waals surface area contributed by atoms with E-state index in [4.69, 9.17) is 4.74 Å². The predicted molar refractivity (Wildman–Crippen MR) is 82.4 cm³/mol. The summed E-state index contributed by atoms with van der Waals surface area (Å²) in [5, 5.41) is 2.45. The molecule has 2 heterocycles. The molecule has 0 radical (unpaired) electrons. The van der Waals surface area contributed by atoms with Crippen molar-refractivity contribution < 1.29 is 23.1 Å². The lowest BCUT2D eigenvalue weighted by molar-refractivity contribution is -0.139. The SMILES string of the molecule is O=C(NCC(=O)N1CCC[C@@H]2COCC[C@@H]21)c1cc(F)cc(F)c1. The number of likely N-dealkylation sites (tertiary alicyclic amines) is 1. The van der Waals surface area contributed by atoms with Crippen LogP contribution < -0.4 is 5.32 Å². The molecule has 2 aliphatic heterocycles. The van der Waals surface area contributed by atoms with Gasteiger partial charge in [-0.05, 0) is 31.4 Å². The van der Waals surface area contributed by atoms with Crippen LogP contribution in [-0.2, 0) is 9.53 Å².